The minimum Gasteiger partial charge on any atom is -0.475 e. The van der Waals surface area contributed by atoms with Crippen LogP contribution < -0.4 is 5.32 Å². The molecule has 1 atom stereocenters. The Balaban J connectivity index is 0.000000276. The number of fused-ring (bicyclic) bond motifs is 2. The number of rotatable bonds is 5. The molecular weight excluding hydrogens is 580 g/mol. The number of nitrogens with one attached hydrogen (secondary N) is 1. The topological polar surface area (TPSA) is 116 Å². The van der Waals surface area contributed by atoms with E-state index in [1.807, 2.05) is 18.3 Å². The molecule has 1 fully saturated rings. The number of halogens is 6. The Labute approximate surface area is 234 Å². The molecule has 1 aliphatic heterocycles. The number of hydrogen-bond acceptors (Lipinski definition) is 7. The van der Waals surface area contributed by atoms with Gasteiger partial charge in [-0.1, -0.05) is 24.3 Å². The summed E-state index contributed by atoms with van der Waals surface area (Å²) in [7, 11) is 0. The largest absolute Gasteiger partial charge is 0.490 e. The van der Waals surface area contributed by atoms with E-state index in [1.165, 1.54) is 29.8 Å². The SMILES string of the molecule is O=C(O)C(F)(F)F.O=C(O)C(F)(F)F.c1coc(CNC2CC3(CCN(Cc4nccs4)CC3)c3ccccc32)c1. The molecule has 8 nitrogen and oxygen atoms in total. The zero-order valence-electron chi connectivity index (χ0n) is 21.4. The number of alkyl halides is 6. The van der Waals surface area contributed by atoms with Gasteiger partial charge in [0.2, 0.25) is 0 Å². The third-order valence-electron chi connectivity index (χ3n) is 6.75. The lowest BCUT2D eigenvalue weighted by molar-refractivity contribution is -0.193. The number of carboxylic acid groups (broad SMARTS) is 2. The van der Waals surface area contributed by atoms with E-state index in [0.717, 1.165) is 31.9 Å². The molecule has 5 rings (SSSR count). The van der Waals surface area contributed by atoms with E-state index < -0.39 is 24.3 Å². The number of carbonyl (C=O) groups is 2. The fourth-order valence-corrected chi connectivity index (χ4v) is 5.51. The molecule has 3 heterocycles. The minimum absolute atomic E-state index is 0.316. The van der Waals surface area contributed by atoms with Gasteiger partial charge in [0.05, 0.1) is 19.4 Å². The van der Waals surface area contributed by atoms with Gasteiger partial charge in [-0.25, -0.2) is 14.6 Å². The molecule has 0 radical (unpaired) electrons. The first-order chi connectivity index (χ1) is 19.2. The van der Waals surface area contributed by atoms with E-state index in [0.29, 0.717) is 11.5 Å². The maximum Gasteiger partial charge on any atom is 0.490 e. The van der Waals surface area contributed by atoms with Crippen LogP contribution in [0.25, 0.3) is 0 Å². The maximum atomic E-state index is 10.6. The van der Waals surface area contributed by atoms with Crippen LogP contribution in [0, 0.1) is 0 Å². The number of hydrogen-bond donors (Lipinski definition) is 3. The summed E-state index contributed by atoms with van der Waals surface area (Å²) in [6.45, 7) is 4.09. The van der Waals surface area contributed by atoms with Crippen molar-refractivity contribution in [2.45, 2.75) is 56.2 Å². The van der Waals surface area contributed by atoms with Gasteiger partial charge in [0.15, 0.2) is 0 Å². The standard InChI is InChI=1S/C22H25N3OS.2C2HF3O2/c1-2-6-19-18(5-1)20(24-15-17-4-3-12-26-17)14-22(19)7-10-25(11-8-22)16-21-23-9-13-27-21;2*3-2(4,5)1(6)7/h1-6,9,12-13,20,24H,7-8,10-11,14-16H2;2*(H,6,7). The molecule has 1 unspecified atom stereocenters. The third kappa shape index (κ3) is 9.03. The average molecular weight is 608 g/mol. The monoisotopic (exact) mass is 607 g/mol. The predicted octanol–water partition coefficient (Wildman–Crippen LogP) is 5.77. The van der Waals surface area contributed by atoms with Crippen molar-refractivity contribution in [2.75, 3.05) is 13.1 Å². The fraction of sp³-hybridized carbons (Fsp3) is 0.423. The molecule has 2 aliphatic rings. The van der Waals surface area contributed by atoms with Crippen LogP contribution >= 0.6 is 11.3 Å². The van der Waals surface area contributed by atoms with Crippen molar-refractivity contribution >= 4 is 23.3 Å². The first-order valence-electron chi connectivity index (χ1n) is 12.3. The molecule has 15 heteroatoms. The molecule has 0 amide bonds. The summed E-state index contributed by atoms with van der Waals surface area (Å²) in [5.41, 5.74) is 3.37. The van der Waals surface area contributed by atoms with Gasteiger partial charge >= 0.3 is 24.3 Å². The Morgan fingerprint density at radius 2 is 1.63 bits per heavy atom. The highest BCUT2D eigenvalue weighted by Crippen LogP contribution is 2.50. The van der Waals surface area contributed by atoms with Crippen LogP contribution in [0.5, 0.6) is 0 Å². The number of piperidine rings is 1. The van der Waals surface area contributed by atoms with E-state index in [9.17, 15) is 26.3 Å². The molecule has 0 saturated carbocycles. The lowest BCUT2D eigenvalue weighted by Gasteiger charge is -2.40. The molecule has 1 aromatic carbocycles. The first kappa shape index (κ1) is 32.1. The molecule has 1 saturated heterocycles. The third-order valence-corrected chi connectivity index (χ3v) is 7.51. The van der Waals surface area contributed by atoms with Gasteiger partial charge in [0.1, 0.15) is 10.8 Å². The predicted molar refractivity (Wildman–Crippen MR) is 135 cm³/mol. The quantitative estimate of drug-likeness (QED) is 0.313. The van der Waals surface area contributed by atoms with Crippen molar-refractivity contribution in [3.8, 4) is 0 Å². The zero-order valence-corrected chi connectivity index (χ0v) is 22.2. The van der Waals surface area contributed by atoms with E-state index in [-0.39, 0.29) is 0 Å². The van der Waals surface area contributed by atoms with Gasteiger partial charge in [-0.05, 0) is 61.0 Å². The Morgan fingerprint density at radius 3 is 2.15 bits per heavy atom. The van der Waals surface area contributed by atoms with Crippen LogP contribution in [0.15, 0.2) is 58.7 Å². The number of thiazole rings is 1. The van der Waals surface area contributed by atoms with Crippen LogP contribution in [0.2, 0.25) is 0 Å². The Bertz CT molecular complexity index is 1230. The summed E-state index contributed by atoms with van der Waals surface area (Å²) in [6, 6.07) is 13.5. The van der Waals surface area contributed by atoms with Gasteiger partial charge in [-0.3, -0.25) is 4.90 Å². The van der Waals surface area contributed by atoms with E-state index in [4.69, 9.17) is 24.2 Å². The van der Waals surface area contributed by atoms with Gasteiger partial charge in [0, 0.05) is 17.6 Å². The average Bonchev–Trinajstić information content (AvgIpc) is 3.66. The van der Waals surface area contributed by atoms with Crippen molar-refractivity contribution in [2.24, 2.45) is 0 Å². The van der Waals surface area contributed by atoms with Crippen molar-refractivity contribution < 1.29 is 50.6 Å². The lowest BCUT2D eigenvalue weighted by atomic mass is 9.73. The minimum atomic E-state index is -5.08. The number of furan rings is 1. The zero-order chi connectivity index (χ0) is 30.3. The van der Waals surface area contributed by atoms with Gasteiger partial charge in [-0.2, -0.15) is 26.3 Å². The van der Waals surface area contributed by atoms with Crippen molar-refractivity contribution in [3.63, 3.8) is 0 Å². The van der Waals surface area contributed by atoms with E-state index >= 15 is 0 Å². The number of likely N-dealkylation sites (tertiary alicyclic amines) is 1. The summed E-state index contributed by atoms with van der Waals surface area (Å²) in [5, 5.41) is 21.3. The molecular formula is C26H27F6N3O5S. The van der Waals surface area contributed by atoms with Crippen LogP contribution in [0.4, 0.5) is 26.3 Å². The van der Waals surface area contributed by atoms with E-state index in [2.05, 4.69) is 44.8 Å². The number of aromatic nitrogens is 1. The second kappa shape index (κ2) is 13.5. The summed E-state index contributed by atoms with van der Waals surface area (Å²) < 4.78 is 69.0. The van der Waals surface area contributed by atoms with Gasteiger partial charge < -0.3 is 19.9 Å². The maximum absolute atomic E-state index is 10.6. The first-order valence-corrected chi connectivity index (χ1v) is 13.2. The lowest BCUT2D eigenvalue weighted by Crippen LogP contribution is -2.41. The Hall–Kier alpha value is -3.43. The highest BCUT2D eigenvalue weighted by Gasteiger charge is 2.45. The van der Waals surface area contributed by atoms with Crippen LogP contribution in [0.1, 0.15) is 47.2 Å². The van der Waals surface area contributed by atoms with Crippen molar-refractivity contribution in [1.29, 1.82) is 0 Å². The summed E-state index contributed by atoms with van der Waals surface area (Å²) >= 11 is 1.76. The highest BCUT2D eigenvalue weighted by atomic mass is 32.1. The van der Waals surface area contributed by atoms with Crippen molar-refractivity contribution in [1.82, 2.24) is 15.2 Å². The molecule has 3 aromatic rings. The van der Waals surface area contributed by atoms with Gasteiger partial charge in [0.25, 0.3) is 0 Å². The molecule has 2 aromatic heterocycles. The fourth-order valence-electron chi connectivity index (χ4n) is 4.85. The van der Waals surface area contributed by atoms with Gasteiger partial charge in [-0.15, -0.1) is 11.3 Å². The number of benzene rings is 1. The summed E-state index contributed by atoms with van der Waals surface area (Å²) in [5.74, 6) is -4.51. The number of aliphatic carboxylic acids is 2. The number of carboxylic acids is 2. The summed E-state index contributed by atoms with van der Waals surface area (Å²) in [4.78, 5) is 24.8. The molecule has 41 heavy (non-hydrogen) atoms. The summed E-state index contributed by atoms with van der Waals surface area (Å²) in [6.07, 6.45) is -2.85. The molecule has 224 valence electrons. The Morgan fingerprint density at radius 1 is 1.02 bits per heavy atom. The smallest absolute Gasteiger partial charge is 0.475 e. The van der Waals surface area contributed by atoms with Crippen LogP contribution in [0.3, 0.4) is 0 Å². The van der Waals surface area contributed by atoms with Crippen molar-refractivity contribution in [3.05, 3.63) is 76.1 Å². The molecule has 0 bridgehead atoms. The molecule has 1 spiro atoms. The molecule has 3 N–H and O–H groups in total. The normalized spacial score (nSPS) is 18.0. The Kier molecular flexibility index (Phi) is 10.6. The van der Waals surface area contributed by atoms with Crippen LogP contribution in [-0.2, 0) is 28.1 Å². The molecule has 1 aliphatic carbocycles. The second-order valence-corrected chi connectivity index (χ2v) is 10.4. The second-order valence-electron chi connectivity index (χ2n) is 9.39. The van der Waals surface area contributed by atoms with Crippen LogP contribution in [-0.4, -0.2) is 57.5 Å². The number of nitrogens with zero attached hydrogens (tertiary/aromatic N) is 2. The highest BCUT2D eigenvalue weighted by molar-refractivity contribution is 7.09. The van der Waals surface area contributed by atoms with E-state index in [1.54, 1.807) is 23.2 Å².